The highest BCUT2D eigenvalue weighted by molar-refractivity contribution is 7.17. The third-order valence-corrected chi connectivity index (χ3v) is 4.15. The molecule has 0 aliphatic heterocycles. The molecule has 1 atom stereocenters. The summed E-state index contributed by atoms with van der Waals surface area (Å²) in [6, 6.07) is 0.385. The summed E-state index contributed by atoms with van der Waals surface area (Å²) in [6.07, 6.45) is 0. The average Bonchev–Trinajstić information content (AvgIpc) is 2.60. The van der Waals surface area contributed by atoms with Crippen LogP contribution in [0, 0.1) is 6.92 Å². The van der Waals surface area contributed by atoms with E-state index in [9.17, 15) is 4.79 Å². The Morgan fingerprint density at radius 2 is 2.06 bits per heavy atom. The normalized spacial score (nSPS) is 12.8. The molecule has 1 aromatic rings. The first-order valence-electron chi connectivity index (χ1n) is 6.26. The van der Waals surface area contributed by atoms with Crippen LogP contribution in [0.15, 0.2) is 0 Å². The lowest BCUT2D eigenvalue weighted by molar-refractivity contribution is 0.102. The zero-order valence-corrected chi connectivity index (χ0v) is 13.0. The van der Waals surface area contributed by atoms with Crippen molar-refractivity contribution in [1.29, 1.82) is 0 Å². The van der Waals surface area contributed by atoms with Crippen LogP contribution in [0.4, 0.5) is 5.13 Å². The Kier molecular flexibility index (Phi) is 5.28. The zero-order valence-electron chi connectivity index (χ0n) is 12.1. The van der Waals surface area contributed by atoms with Crippen molar-refractivity contribution in [2.45, 2.75) is 33.7 Å². The van der Waals surface area contributed by atoms with Crippen molar-refractivity contribution in [2.75, 3.05) is 32.1 Å². The van der Waals surface area contributed by atoms with Gasteiger partial charge in [0.2, 0.25) is 0 Å². The maximum absolute atomic E-state index is 11.5. The quantitative estimate of drug-likeness (QED) is 0.743. The van der Waals surface area contributed by atoms with Crippen molar-refractivity contribution in [3.8, 4) is 0 Å². The average molecular weight is 269 g/mol. The van der Waals surface area contributed by atoms with Crippen LogP contribution in [0.5, 0.6) is 0 Å². The van der Waals surface area contributed by atoms with E-state index in [1.807, 2.05) is 6.92 Å². The Morgan fingerprint density at radius 1 is 1.44 bits per heavy atom. The fourth-order valence-corrected chi connectivity index (χ4v) is 3.22. The lowest BCUT2D eigenvalue weighted by Gasteiger charge is -2.29. The van der Waals surface area contributed by atoms with E-state index < -0.39 is 0 Å². The maximum atomic E-state index is 11.5. The van der Waals surface area contributed by atoms with Gasteiger partial charge in [0.25, 0.3) is 0 Å². The Balaban J connectivity index is 2.95. The number of carbonyl (C=O) groups excluding carboxylic acids is 1. The summed E-state index contributed by atoms with van der Waals surface area (Å²) in [5.41, 5.74) is 0.845. The number of hydrogen-bond donors (Lipinski definition) is 0. The molecule has 102 valence electrons. The molecule has 0 N–H and O–H groups in total. The molecule has 1 rings (SSSR count). The summed E-state index contributed by atoms with van der Waals surface area (Å²) in [7, 11) is 4.14. The van der Waals surface area contributed by atoms with Crippen LogP contribution in [-0.4, -0.2) is 48.9 Å². The standard InChI is InChI=1S/C13H23N3OS/c1-7-16(9(2)8-15(5)6)13-14-10(3)12(18-13)11(4)17/h9H,7-8H2,1-6H3. The van der Waals surface area contributed by atoms with Crippen LogP contribution in [-0.2, 0) is 0 Å². The van der Waals surface area contributed by atoms with Crippen LogP contribution in [0.3, 0.4) is 0 Å². The van der Waals surface area contributed by atoms with E-state index in [2.05, 4.69) is 42.7 Å². The number of carbonyl (C=O) groups is 1. The van der Waals surface area contributed by atoms with Gasteiger partial charge in [-0.1, -0.05) is 11.3 Å². The van der Waals surface area contributed by atoms with Gasteiger partial charge in [-0.3, -0.25) is 4.79 Å². The van der Waals surface area contributed by atoms with Gasteiger partial charge in [0.15, 0.2) is 10.9 Å². The van der Waals surface area contributed by atoms with Gasteiger partial charge in [-0.2, -0.15) is 0 Å². The zero-order chi connectivity index (χ0) is 13.9. The second kappa shape index (κ2) is 6.29. The van der Waals surface area contributed by atoms with Gasteiger partial charge >= 0.3 is 0 Å². The number of ketones is 1. The van der Waals surface area contributed by atoms with Crippen LogP contribution < -0.4 is 4.90 Å². The van der Waals surface area contributed by atoms with Crippen molar-refractivity contribution in [1.82, 2.24) is 9.88 Å². The van der Waals surface area contributed by atoms with Crippen LogP contribution in [0.2, 0.25) is 0 Å². The summed E-state index contributed by atoms with van der Waals surface area (Å²) in [5.74, 6) is 0.104. The molecule has 0 amide bonds. The fraction of sp³-hybridized carbons (Fsp3) is 0.692. The lowest BCUT2D eigenvalue weighted by Crippen LogP contribution is -2.40. The minimum atomic E-state index is 0.104. The number of nitrogens with zero attached hydrogens (tertiary/aromatic N) is 3. The molecular formula is C13H23N3OS. The minimum absolute atomic E-state index is 0.104. The largest absolute Gasteiger partial charge is 0.344 e. The third kappa shape index (κ3) is 3.53. The van der Waals surface area contributed by atoms with Crippen molar-refractivity contribution < 1.29 is 4.79 Å². The van der Waals surface area contributed by atoms with Crippen LogP contribution in [0.25, 0.3) is 0 Å². The molecule has 5 heteroatoms. The Morgan fingerprint density at radius 3 is 2.44 bits per heavy atom. The molecular weight excluding hydrogens is 246 g/mol. The summed E-state index contributed by atoms with van der Waals surface area (Å²) < 4.78 is 0. The van der Waals surface area contributed by atoms with Crippen molar-refractivity contribution in [3.63, 3.8) is 0 Å². The minimum Gasteiger partial charge on any atom is -0.344 e. The molecule has 1 heterocycles. The highest BCUT2D eigenvalue weighted by Crippen LogP contribution is 2.27. The number of Topliss-reactive ketones (excluding diaryl/α,β-unsaturated/α-hetero) is 1. The molecule has 0 radical (unpaired) electrons. The van der Waals surface area contributed by atoms with E-state index in [0.29, 0.717) is 6.04 Å². The number of aromatic nitrogens is 1. The molecule has 0 aliphatic carbocycles. The molecule has 0 saturated heterocycles. The van der Waals surface area contributed by atoms with Gasteiger partial charge in [0.05, 0.1) is 10.6 Å². The fourth-order valence-electron chi connectivity index (χ4n) is 2.09. The van der Waals surface area contributed by atoms with Gasteiger partial charge in [-0.25, -0.2) is 4.98 Å². The van der Waals surface area contributed by atoms with Crippen molar-refractivity contribution in [2.24, 2.45) is 0 Å². The van der Waals surface area contributed by atoms with Gasteiger partial charge in [0.1, 0.15) is 0 Å². The number of thiazole rings is 1. The molecule has 0 saturated carbocycles. The van der Waals surface area contributed by atoms with Crippen molar-refractivity contribution in [3.05, 3.63) is 10.6 Å². The molecule has 18 heavy (non-hydrogen) atoms. The smallest absolute Gasteiger partial charge is 0.186 e. The summed E-state index contributed by atoms with van der Waals surface area (Å²) >= 11 is 1.50. The SMILES string of the molecule is CCN(c1nc(C)c(C(C)=O)s1)C(C)CN(C)C. The Hall–Kier alpha value is -0.940. The molecule has 0 spiro atoms. The van der Waals surface area contributed by atoms with E-state index in [1.54, 1.807) is 6.92 Å². The van der Waals surface area contributed by atoms with E-state index in [-0.39, 0.29) is 5.78 Å². The summed E-state index contributed by atoms with van der Waals surface area (Å²) in [6.45, 7) is 9.69. The maximum Gasteiger partial charge on any atom is 0.186 e. The van der Waals surface area contributed by atoms with E-state index in [1.165, 1.54) is 11.3 Å². The van der Waals surface area contributed by atoms with E-state index >= 15 is 0 Å². The van der Waals surface area contributed by atoms with Gasteiger partial charge in [-0.05, 0) is 34.9 Å². The Bertz CT molecular complexity index is 414. The second-order valence-electron chi connectivity index (χ2n) is 4.86. The molecule has 0 fully saturated rings. The highest BCUT2D eigenvalue weighted by Gasteiger charge is 2.19. The van der Waals surface area contributed by atoms with Crippen molar-refractivity contribution >= 4 is 22.3 Å². The Labute approximate surface area is 114 Å². The van der Waals surface area contributed by atoms with Gasteiger partial charge in [0, 0.05) is 26.1 Å². The topological polar surface area (TPSA) is 36.4 Å². The van der Waals surface area contributed by atoms with Crippen LogP contribution >= 0.6 is 11.3 Å². The van der Waals surface area contributed by atoms with E-state index in [0.717, 1.165) is 28.8 Å². The van der Waals surface area contributed by atoms with E-state index in [4.69, 9.17) is 0 Å². The number of rotatable bonds is 6. The first-order valence-corrected chi connectivity index (χ1v) is 7.08. The highest BCUT2D eigenvalue weighted by atomic mass is 32.1. The molecule has 0 aliphatic rings. The molecule has 4 nitrogen and oxygen atoms in total. The lowest BCUT2D eigenvalue weighted by atomic mass is 10.3. The number of aryl methyl sites for hydroxylation is 1. The predicted octanol–water partition coefficient (Wildman–Crippen LogP) is 2.43. The van der Waals surface area contributed by atoms with Gasteiger partial charge in [-0.15, -0.1) is 0 Å². The molecule has 0 bridgehead atoms. The third-order valence-electron chi connectivity index (χ3n) is 2.85. The number of likely N-dealkylation sites (N-methyl/N-ethyl adjacent to an activating group) is 2. The summed E-state index contributed by atoms with van der Waals surface area (Å²) in [4.78, 5) is 21.2. The van der Waals surface area contributed by atoms with Gasteiger partial charge < -0.3 is 9.80 Å². The number of anilines is 1. The second-order valence-corrected chi connectivity index (χ2v) is 5.84. The first-order chi connectivity index (χ1) is 8.36. The predicted molar refractivity (Wildman–Crippen MR) is 77.9 cm³/mol. The molecule has 1 aromatic heterocycles. The first kappa shape index (κ1) is 15.1. The monoisotopic (exact) mass is 269 g/mol. The molecule has 0 aromatic carbocycles. The summed E-state index contributed by atoms with van der Waals surface area (Å²) in [5, 5.41) is 0.953. The molecule has 1 unspecified atom stereocenters. The number of hydrogen-bond acceptors (Lipinski definition) is 5. The van der Waals surface area contributed by atoms with Crippen LogP contribution in [0.1, 0.15) is 36.1 Å².